The Kier molecular flexibility index (Phi) is 5.73. The van der Waals surface area contributed by atoms with Gasteiger partial charge in [0.25, 0.3) is 0 Å². The highest BCUT2D eigenvalue weighted by atomic mass is 79.9. The van der Waals surface area contributed by atoms with Gasteiger partial charge in [-0.05, 0) is 37.2 Å². The first-order chi connectivity index (χ1) is 7.26. The van der Waals surface area contributed by atoms with Crippen LogP contribution in [0.25, 0.3) is 0 Å². The molecule has 1 aromatic rings. The molecule has 0 spiro atoms. The van der Waals surface area contributed by atoms with Crippen LogP contribution in [-0.2, 0) is 0 Å². The Morgan fingerprint density at radius 2 is 1.93 bits per heavy atom. The van der Waals surface area contributed by atoms with Crippen LogP contribution in [-0.4, -0.2) is 19.2 Å². The summed E-state index contributed by atoms with van der Waals surface area (Å²) >= 11 is 3.40. The van der Waals surface area contributed by atoms with Crippen molar-refractivity contribution in [3.05, 3.63) is 28.7 Å². The topological polar surface area (TPSA) is 21.3 Å². The molecule has 0 saturated carbocycles. The monoisotopic (exact) mass is 271 g/mol. The summed E-state index contributed by atoms with van der Waals surface area (Å²) in [5.74, 6) is 0.933. The van der Waals surface area contributed by atoms with E-state index in [4.69, 9.17) is 4.74 Å². The van der Waals surface area contributed by atoms with Crippen molar-refractivity contribution < 1.29 is 4.74 Å². The van der Waals surface area contributed by atoms with Gasteiger partial charge in [0.2, 0.25) is 0 Å². The minimum Gasteiger partial charge on any atom is -0.489 e. The number of ether oxygens (including phenoxy) is 1. The van der Waals surface area contributed by atoms with Crippen LogP contribution in [0.4, 0.5) is 0 Å². The number of halogens is 1. The van der Waals surface area contributed by atoms with Gasteiger partial charge in [-0.3, -0.25) is 0 Å². The first-order valence-electron chi connectivity index (χ1n) is 5.39. The van der Waals surface area contributed by atoms with Gasteiger partial charge in [-0.15, -0.1) is 0 Å². The molecule has 0 amide bonds. The Labute approximate surface area is 100 Å². The third-order valence-corrected chi connectivity index (χ3v) is 2.72. The smallest absolute Gasteiger partial charge is 0.119 e. The van der Waals surface area contributed by atoms with E-state index in [2.05, 4.69) is 35.1 Å². The zero-order valence-electron chi connectivity index (χ0n) is 9.29. The van der Waals surface area contributed by atoms with Gasteiger partial charge in [-0.2, -0.15) is 0 Å². The summed E-state index contributed by atoms with van der Waals surface area (Å²) in [4.78, 5) is 0. The third kappa shape index (κ3) is 4.67. The maximum Gasteiger partial charge on any atom is 0.119 e. The molecule has 0 aliphatic rings. The first kappa shape index (κ1) is 12.5. The van der Waals surface area contributed by atoms with Crippen molar-refractivity contribution >= 4 is 15.9 Å². The van der Waals surface area contributed by atoms with Crippen molar-refractivity contribution in [3.63, 3.8) is 0 Å². The van der Waals surface area contributed by atoms with E-state index in [1.807, 2.05) is 24.3 Å². The summed E-state index contributed by atoms with van der Waals surface area (Å²) in [6.45, 7) is 6.14. The van der Waals surface area contributed by atoms with Gasteiger partial charge in [0.1, 0.15) is 11.9 Å². The standard InChI is InChI=1S/C12H18BrNO/c1-3-11(9-14-4-2)15-12-7-5-10(13)6-8-12/h5-8,11,14H,3-4,9H2,1-2H3. The summed E-state index contributed by atoms with van der Waals surface area (Å²) < 4.78 is 6.92. The molecule has 1 aromatic carbocycles. The van der Waals surface area contributed by atoms with Crippen LogP contribution in [0.2, 0.25) is 0 Å². The fourth-order valence-corrected chi connectivity index (χ4v) is 1.54. The van der Waals surface area contributed by atoms with Crippen LogP contribution >= 0.6 is 15.9 Å². The second-order valence-corrected chi connectivity index (χ2v) is 4.33. The number of benzene rings is 1. The van der Waals surface area contributed by atoms with Gasteiger partial charge >= 0.3 is 0 Å². The van der Waals surface area contributed by atoms with Gasteiger partial charge in [-0.25, -0.2) is 0 Å². The largest absolute Gasteiger partial charge is 0.489 e. The Balaban J connectivity index is 2.47. The van der Waals surface area contributed by atoms with Crippen LogP contribution in [0.1, 0.15) is 20.3 Å². The number of rotatable bonds is 6. The van der Waals surface area contributed by atoms with Gasteiger partial charge in [0, 0.05) is 11.0 Å². The molecule has 0 aromatic heterocycles. The predicted octanol–water partition coefficient (Wildman–Crippen LogP) is 3.22. The van der Waals surface area contributed by atoms with E-state index < -0.39 is 0 Å². The Hall–Kier alpha value is -0.540. The molecule has 0 saturated heterocycles. The van der Waals surface area contributed by atoms with Gasteiger partial charge < -0.3 is 10.1 Å². The predicted molar refractivity (Wildman–Crippen MR) is 67.4 cm³/mol. The van der Waals surface area contributed by atoms with Gasteiger partial charge in [0.05, 0.1) is 0 Å². The molecule has 1 unspecified atom stereocenters. The van der Waals surface area contributed by atoms with E-state index in [0.29, 0.717) is 0 Å². The van der Waals surface area contributed by atoms with Crippen LogP contribution in [0.3, 0.4) is 0 Å². The van der Waals surface area contributed by atoms with E-state index in [1.165, 1.54) is 0 Å². The number of likely N-dealkylation sites (N-methyl/N-ethyl adjacent to an activating group) is 1. The van der Waals surface area contributed by atoms with E-state index in [9.17, 15) is 0 Å². The van der Waals surface area contributed by atoms with E-state index in [0.717, 1.165) is 29.7 Å². The molecule has 1 atom stereocenters. The lowest BCUT2D eigenvalue weighted by molar-refractivity contribution is 0.194. The van der Waals surface area contributed by atoms with Gasteiger partial charge in [-0.1, -0.05) is 29.8 Å². The molecular formula is C12H18BrNO. The Bertz CT molecular complexity index is 273. The lowest BCUT2D eigenvalue weighted by atomic mass is 10.2. The summed E-state index contributed by atoms with van der Waals surface area (Å²) in [5.41, 5.74) is 0. The van der Waals surface area contributed by atoms with Crippen molar-refractivity contribution in [2.45, 2.75) is 26.4 Å². The molecule has 2 nitrogen and oxygen atoms in total. The highest BCUT2D eigenvalue weighted by Crippen LogP contribution is 2.17. The molecular weight excluding hydrogens is 254 g/mol. The maximum absolute atomic E-state index is 5.84. The minimum atomic E-state index is 0.256. The van der Waals surface area contributed by atoms with Crippen LogP contribution < -0.4 is 10.1 Å². The lowest BCUT2D eigenvalue weighted by Crippen LogP contribution is -2.30. The number of nitrogens with one attached hydrogen (secondary N) is 1. The molecule has 0 aliphatic carbocycles. The van der Waals surface area contributed by atoms with Gasteiger partial charge in [0.15, 0.2) is 0 Å². The van der Waals surface area contributed by atoms with E-state index in [-0.39, 0.29) is 6.10 Å². The lowest BCUT2D eigenvalue weighted by Gasteiger charge is -2.17. The highest BCUT2D eigenvalue weighted by Gasteiger charge is 2.06. The molecule has 3 heteroatoms. The molecule has 0 heterocycles. The van der Waals surface area contributed by atoms with Crippen molar-refractivity contribution in [1.29, 1.82) is 0 Å². The van der Waals surface area contributed by atoms with E-state index in [1.54, 1.807) is 0 Å². The molecule has 0 bridgehead atoms. The summed E-state index contributed by atoms with van der Waals surface area (Å²) in [7, 11) is 0. The maximum atomic E-state index is 5.84. The molecule has 1 rings (SSSR count). The zero-order valence-corrected chi connectivity index (χ0v) is 10.9. The molecule has 0 radical (unpaired) electrons. The van der Waals surface area contributed by atoms with Crippen molar-refractivity contribution in [1.82, 2.24) is 5.32 Å². The Morgan fingerprint density at radius 1 is 1.27 bits per heavy atom. The van der Waals surface area contributed by atoms with Crippen molar-refractivity contribution in [2.75, 3.05) is 13.1 Å². The van der Waals surface area contributed by atoms with Crippen molar-refractivity contribution in [3.8, 4) is 5.75 Å². The fraction of sp³-hybridized carbons (Fsp3) is 0.500. The number of hydrogen-bond donors (Lipinski definition) is 1. The summed E-state index contributed by atoms with van der Waals surface area (Å²) in [5, 5.41) is 3.30. The Morgan fingerprint density at radius 3 is 2.47 bits per heavy atom. The normalized spacial score (nSPS) is 12.5. The molecule has 0 fully saturated rings. The zero-order chi connectivity index (χ0) is 11.1. The molecule has 84 valence electrons. The second-order valence-electron chi connectivity index (χ2n) is 3.41. The average Bonchev–Trinajstić information content (AvgIpc) is 2.27. The van der Waals surface area contributed by atoms with E-state index >= 15 is 0 Å². The molecule has 1 N–H and O–H groups in total. The average molecular weight is 272 g/mol. The molecule has 15 heavy (non-hydrogen) atoms. The first-order valence-corrected chi connectivity index (χ1v) is 6.18. The fourth-order valence-electron chi connectivity index (χ4n) is 1.28. The number of hydrogen-bond acceptors (Lipinski definition) is 2. The van der Waals surface area contributed by atoms with Crippen LogP contribution in [0, 0.1) is 0 Å². The minimum absolute atomic E-state index is 0.256. The van der Waals surface area contributed by atoms with Crippen LogP contribution in [0.5, 0.6) is 5.75 Å². The van der Waals surface area contributed by atoms with Crippen molar-refractivity contribution in [2.24, 2.45) is 0 Å². The quantitative estimate of drug-likeness (QED) is 0.858. The SMILES string of the molecule is CCNCC(CC)Oc1ccc(Br)cc1. The highest BCUT2D eigenvalue weighted by molar-refractivity contribution is 9.10. The third-order valence-electron chi connectivity index (χ3n) is 2.19. The summed E-state index contributed by atoms with van der Waals surface area (Å²) in [6, 6.07) is 7.96. The molecule has 0 aliphatic heterocycles. The van der Waals surface area contributed by atoms with Crippen LogP contribution in [0.15, 0.2) is 28.7 Å². The second kappa shape index (κ2) is 6.85. The summed E-state index contributed by atoms with van der Waals surface area (Å²) in [6.07, 6.45) is 1.27.